The fourth-order valence-electron chi connectivity index (χ4n) is 3.19. The van der Waals surface area contributed by atoms with Crippen LogP contribution in [0.15, 0.2) is 11.6 Å². The van der Waals surface area contributed by atoms with Crippen molar-refractivity contribution < 1.29 is 19.1 Å². The number of esters is 2. The minimum absolute atomic E-state index is 0.201. The van der Waals surface area contributed by atoms with Gasteiger partial charge in [-0.1, -0.05) is 0 Å². The molecule has 0 amide bonds. The van der Waals surface area contributed by atoms with Crippen molar-refractivity contribution in [3.8, 4) is 0 Å². The zero-order valence-electron chi connectivity index (χ0n) is 10.3. The maximum atomic E-state index is 11.9. The number of ether oxygens (including phenoxy) is 2. The first kappa shape index (κ1) is 12.1. The summed E-state index contributed by atoms with van der Waals surface area (Å²) in [6.45, 7) is 2.13. The quantitative estimate of drug-likeness (QED) is 0.556. The molecule has 2 fully saturated rings. The molecule has 0 aromatic heterocycles. The van der Waals surface area contributed by atoms with Gasteiger partial charge in [-0.05, 0) is 44.1 Å². The summed E-state index contributed by atoms with van der Waals surface area (Å²) in [7, 11) is 1.41. The average molecular weight is 238 g/mol. The van der Waals surface area contributed by atoms with Crippen LogP contribution in [0.2, 0.25) is 0 Å². The van der Waals surface area contributed by atoms with E-state index in [2.05, 4.69) is 0 Å². The molecule has 17 heavy (non-hydrogen) atoms. The topological polar surface area (TPSA) is 52.6 Å². The zero-order chi connectivity index (χ0) is 12.5. The van der Waals surface area contributed by atoms with Gasteiger partial charge in [0, 0.05) is 6.08 Å². The molecule has 0 unspecified atom stereocenters. The van der Waals surface area contributed by atoms with Crippen molar-refractivity contribution in [3.63, 3.8) is 0 Å². The fourth-order valence-corrected chi connectivity index (χ4v) is 3.19. The second kappa shape index (κ2) is 4.51. The van der Waals surface area contributed by atoms with Gasteiger partial charge in [0.15, 0.2) is 0 Å². The fraction of sp³-hybridized carbons (Fsp3) is 0.692. The molecule has 2 aliphatic rings. The molecule has 2 saturated carbocycles. The molecule has 4 heteroatoms. The van der Waals surface area contributed by atoms with Crippen LogP contribution < -0.4 is 0 Å². The zero-order valence-corrected chi connectivity index (χ0v) is 10.3. The van der Waals surface area contributed by atoms with Gasteiger partial charge in [-0.3, -0.25) is 4.79 Å². The largest absolute Gasteiger partial charge is 0.468 e. The molecule has 0 spiro atoms. The lowest BCUT2D eigenvalue weighted by atomic mass is 9.82. The Bertz CT molecular complexity index is 362. The van der Waals surface area contributed by atoms with Crippen molar-refractivity contribution >= 4 is 11.9 Å². The minimum Gasteiger partial charge on any atom is -0.468 e. The first-order valence-corrected chi connectivity index (χ1v) is 6.11. The van der Waals surface area contributed by atoms with Crippen LogP contribution in [0.5, 0.6) is 0 Å². The summed E-state index contributed by atoms with van der Waals surface area (Å²) in [5.74, 6) is -0.184. The van der Waals surface area contributed by atoms with Crippen LogP contribution in [0, 0.1) is 11.3 Å². The van der Waals surface area contributed by atoms with Crippen LogP contribution in [-0.4, -0.2) is 25.7 Å². The maximum Gasteiger partial charge on any atom is 0.330 e. The lowest BCUT2D eigenvalue weighted by Crippen LogP contribution is -2.29. The summed E-state index contributed by atoms with van der Waals surface area (Å²) < 4.78 is 9.81. The minimum atomic E-state index is -0.536. The van der Waals surface area contributed by atoms with Crippen LogP contribution in [-0.2, 0) is 19.1 Å². The molecule has 0 heterocycles. The SMILES string of the molecule is CCOC(=O)C=C1C2CCC1(C(=O)OC)CC2. The Morgan fingerprint density at radius 2 is 2.06 bits per heavy atom. The third-order valence-electron chi connectivity index (χ3n) is 3.97. The molecule has 0 aromatic carbocycles. The summed E-state index contributed by atoms with van der Waals surface area (Å²) in [5, 5.41) is 0. The molecule has 2 rings (SSSR count). The summed E-state index contributed by atoms with van der Waals surface area (Å²) in [4.78, 5) is 23.4. The van der Waals surface area contributed by atoms with Crippen molar-refractivity contribution in [2.24, 2.45) is 11.3 Å². The number of carbonyl (C=O) groups excluding carboxylic acids is 2. The van der Waals surface area contributed by atoms with Gasteiger partial charge in [-0.2, -0.15) is 0 Å². The third-order valence-corrected chi connectivity index (χ3v) is 3.97. The maximum absolute atomic E-state index is 11.9. The van der Waals surface area contributed by atoms with Gasteiger partial charge < -0.3 is 9.47 Å². The van der Waals surface area contributed by atoms with Crippen molar-refractivity contribution in [3.05, 3.63) is 11.6 Å². The van der Waals surface area contributed by atoms with Crippen molar-refractivity contribution in [2.45, 2.75) is 32.6 Å². The molecular weight excluding hydrogens is 220 g/mol. The Morgan fingerprint density at radius 3 is 2.59 bits per heavy atom. The molecule has 0 saturated heterocycles. The van der Waals surface area contributed by atoms with Crippen LogP contribution in [0.25, 0.3) is 0 Å². The summed E-state index contributed by atoms with van der Waals surface area (Å²) in [5.41, 5.74) is 0.398. The van der Waals surface area contributed by atoms with Gasteiger partial charge in [0.05, 0.1) is 19.1 Å². The molecule has 0 aromatic rings. The van der Waals surface area contributed by atoms with Crippen LogP contribution in [0.4, 0.5) is 0 Å². The molecule has 0 atom stereocenters. The number of hydrogen-bond donors (Lipinski definition) is 0. The Balaban J connectivity index is 2.27. The number of rotatable bonds is 3. The van der Waals surface area contributed by atoms with Gasteiger partial charge in [0.2, 0.25) is 0 Å². The van der Waals surface area contributed by atoms with Crippen molar-refractivity contribution in [1.29, 1.82) is 0 Å². The van der Waals surface area contributed by atoms with E-state index in [-0.39, 0.29) is 11.9 Å². The average Bonchev–Trinajstić information content (AvgIpc) is 2.85. The number of fused-ring (bicyclic) bond motifs is 2. The normalized spacial score (nSPS) is 32.8. The van der Waals surface area contributed by atoms with E-state index < -0.39 is 5.41 Å². The number of hydrogen-bond acceptors (Lipinski definition) is 4. The highest BCUT2D eigenvalue weighted by Crippen LogP contribution is 2.58. The Kier molecular flexibility index (Phi) is 3.22. The molecule has 2 aliphatic carbocycles. The molecule has 0 aliphatic heterocycles. The predicted octanol–water partition coefficient (Wildman–Crippen LogP) is 1.84. The first-order valence-electron chi connectivity index (χ1n) is 6.11. The highest BCUT2D eigenvalue weighted by atomic mass is 16.5. The first-order chi connectivity index (χ1) is 8.14. The Hall–Kier alpha value is -1.32. The van der Waals surface area contributed by atoms with Gasteiger partial charge >= 0.3 is 11.9 Å². The van der Waals surface area contributed by atoms with E-state index in [9.17, 15) is 9.59 Å². The van der Waals surface area contributed by atoms with Gasteiger partial charge in [-0.25, -0.2) is 4.79 Å². The predicted molar refractivity (Wildman–Crippen MR) is 61.1 cm³/mol. The van der Waals surface area contributed by atoms with E-state index in [1.165, 1.54) is 13.2 Å². The van der Waals surface area contributed by atoms with Gasteiger partial charge in [0.1, 0.15) is 0 Å². The van der Waals surface area contributed by atoms with Gasteiger partial charge in [-0.15, -0.1) is 0 Å². The number of methoxy groups -OCH3 is 1. The Morgan fingerprint density at radius 1 is 1.41 bits per heavy atom. The highest BCUT2D eigenvalue weighted by molar-refractivity contribution is 5.88. The lowest BCUT2D eigenvalue weighted by molar-refractivity contribution is -0.150. The molecule has 0 N–H and O–H groups in total. The van der Waals surface area contributed by atoms with Gasteiger partial charge in [0.25, 0.3) is 0 Å². The standard InChI is InChI=1S/C13H18O4/c1-3-17-11(14)8-10-9-4-6-13(10,7-5-9)12(15)16-2/h8-9H,3-7H2,1-2H3. The third kappa shape index (κ3) is 1.85. The van der Waals surface area contributed by atoms with Crippen LogP contribution in [0.3, 0.4) is 0 Å². The molecular formula is C13H18O4. The second-order valence-corrected chi connectivity index (χ2v) is 4.70. The molecule has 0 radical (unpaired) electrons. The number of carbonyl (C=O) groups is 2. The van der Waals surface area contributed by atoms with Crippen molar-refractivity contribution in [1.82, 2.24) is 0 Å². The summed E-state index contributed by atoms with van der Waals surface area (Å²) >= 11 is 0. The smallest absolute Gasteiger partial charge is 0.330 e. The molecule has 2 bridgehead atoms. The van der Waals surface area contributed by atoms with E-state index in [0.29, 0.717) is 12.5 Å². The van der Waals surface area contributed by atoms with E-state index in [4.69, 9.17) is 9.47 Å². The Labute approximate surface area is 101 Å². The van der Waals surface area contributed by atoms with E-state index in [0.717, 1.165) is 31.3 Å². The molecule has 94 valence electrons. The van der Waals surface area contributed by atoms with Crippen molar-refractivity contribution in [2.75, 3.05) is 13.7 Å². The summed E-state index contributed by atoms with van der Waals surface area (Å²) in [6.07, 6.45) is 5.07. The monoisotopic (exact) mass is 238 g/mol. The second-order valence-electron chi connectivity index (χ2n) is 4.70. The van der Waals surface area contributed by atoms with E-state index in [1.54, 1.807) is 6.92 Å². The molecule has 4 nitrogen and oxygen atoms in total. The summed E-state index contributed by atoms with van der Waals surface area (Å²) in [6, 6.07) is 0. The van der Waals surface area contributed by atoms with E-state index in [1.807, 2.05) is 0 Å². The van der Waals surface area contributed by atoms with E-state index >= 15 is 0 Å². The lowest BCUT2D eigenvalue weighted by Gasteiger charge is -2.23. The van der Waals surface area contributed by atoms with Crippen LogP contribution >= 0.6 is 0 Å². The van der Waals surface area contributed by atoms with Crippen LogP contribution in [0.1, 0.15) is 32.6 Å². The highest BCUT2D eigenvalue weighted by Gasteiger charge is 2.55.